The second-order valence-electron chi connectivity index (χ2n) is 3.99. The molecule has 0 bridgehead atoms. The summed E-state index contributed by atoms with van der Waals surface area (Å²) in [5.41, 5.74) is 9.19. The number of H-pyrrole nitrogens is 1. The first-order valence-corrected chi connectivity index (χ1v) is 5.67. The maximum atomic E-state index is 5.65. The summed E-state index contributed by atoms with van der Waals surface area (Å²) in [4.78, 5) is 11.9. The molecule has 0 spiro atoms. The monoisotopic (exact) mass is 239 g/mol. The fourth-order valence-corrected chi connectivity index (χ4v) is 1.94. The third-order valence-corrected chi connectivity index (χ3v) is 2.82. The third-order valence-electron chi connectivity index (χ3n) is 2.82. The number of nitrogens with two attached hydrogens (primary N) is 1. The van der Waals surface area contributed by atoms with Gasteiger partial charge >= 0.3 is 0 Å². The van der Waals surface area contributed by atoms with E-state index in [4.69, 9.17) is 5.73 Å². The van der Waals surface area contributed by atoms with Crippen molar-refractivity contribution in [1.29, 1.82) is 0 Å². The summed E-state index contributed by atoms with van der Waals surface area (Å²) in [7, 11) is 1.89. The zero-order chi connectivity index (χ0) is 12.5. The molecule has 2 heterocycles. The molecule has 5 heteroatoms. The van der Waals surface area contributed by atoms with E-state index < -0.39 is 0 Å². The van der Waals surface area contributed by atoms with Crippen molar-refractivity contribution in [2.45, 2.75) is 0 Å². The number of nitrogen functional groups attached to an aromatic ring is 1. The summed E-state index contributed by atoms with van der Waals surface area (Å²) >= 11 is 0. The number of nitrogens with zero attached hydrogens (tertiary/aromatic N) is 2. The van der Waals surface area contributed by atoms with E-state index in [0.717, 1.165) is 22.6 Å². The Labute approximate surface area is 104 Å². The van der Waals surface area contributed by atoms with Gasteiger partial charge in [-0.3, -0.25) is 0 Å². The molecular formula is C13H13N5. The molecule has 5 nitrogen and oxygen atoms in total. The van der Waals surface area contributed by atoms with E-state index >= 15 is 0 Å². The average Bonchev–Trinajstić information content (AvgIpc) is 2.81. The van der Waals surface area contributed by atoms with Crippen molar-refractivity contribution in [2.24, 2.45) is 0 Å². The van der Waals surface area contributed by atoms with Crippen molar-refractivity contribution in [3.63, 3.8) is 0 Å². The van der Waals surface area contributed by atoms with Crippen LogP contribution in [0.2, 0.25) is 0 Å². The van der Waals surface area contributed by atoms with Gasteiger partial charge in [-0.2, -0.15) is 0 Å². The standard InChI is InChI=1S/C13H13N5/c1-15-9-5-3-2-4-8(9)12-16-10-6-7-11(14)17-13(10)18-12/h2-7,15H,1H3,(H3,14,16,17,18). The van der Waals surface area contributed by atoms with Crippen LogP contribution in [-0.4, -0.2) is 22.0 Å². The molecule has 4 N–H and O–H groups in total. The lowest BCUT2D eigenvalue weighted by Gasteiger charge is -2.05. The molecule has 0 saturated carbocycles. The van der Waals surface area contributed by atoms with E-state index in [1.165, 1.54) is 0 Å². The van der Waals surface area contributed by atoms with E-state index in [1.807, 2.05) is 37.4 Å². The molecule has 0 atom stereocenters. The predicted octanol–water partition coefficient (Wildman–Crippen LogP) is 2.25. The SMILES string of the molecule is CNc1ccccc1-c1nc2nc(N)ccc2[nH]1. The fraction of sp³-hybridized carbons (Fsp3) is 0.0769. The van der Waals surface area contributed by atoms with Crippen molar-refractivity contribution in [2.75, 3.05) is 18.1 Å². The minimum absolute atomic E-state index is 0.474. The van der Waals surface area contributed by atoms with E-state index in [9.17, 15) is 0 Å². The van der Waals surface area contributed by atoms with Crippen LogP contribution in [0.1, 0.15) is 0 Å². The van der Waals surface area contributed by atoms with Crippen molar-refractivity contribution in [3.05, 3.63) is 36.4 Å². The van der Waals surface area contributed by atoms with Crippen molar-refractivity contribution >= 4 is 22.7 Å². The zero-order valence-corrected chi connectivity index (χ0v) is 9.94. The number of hydrogen-bond acceptors (Lipinski definition) is 4. The summed E-state index contributed by atoms with van der Waals surface area (Å²) in [6.45, 7) is 0. The van der Waals surface area contributed by atoms with Crippen LogP contribution in [-0.2, 0) is 0 Å². The quantitative estimate of drug-likeness (QED) is 0.640. The molecule has 0 fully saturated rings. The number of pyridine rings is 1. The number of imidazole rings is 1. The minimum Gasteiger partial charge on any atom is -0.388 e. The minimum atomic E-state index is 0.474. The first-order chi connectivity index (χ1) is 8.78. The highest BCUT2D eigenvalue weighted by atomic mass is 15.0. The van der Waals surface area contributed by atoms with E-state index in [1.54, 1.807) is 6.07 Å². The molecule has 18 heavy (non-hydrogen) atoms. The number of nitrogens with one attached hydrogen (secondary N) is 2. The maximum absolute atomic E-state index is 5.65. The normalized spacial score (nSPS) is 10.7. The molecule has 1 aromatic carbocycles. The van der Waals surface area contributed by atoms with Crippen LogP contribution < -0.4 is 11.1 Å². The Balaban J connectivity index is 2.19. The van der Waals surface area contributed by atoms with Gasteiger partial charge in [-0.1, -0.05) is 12.1 Å². The lowest BCUT2D eigenvalue weighted by Crippen LogP contribution is -1.92. The topological polar surface area (TPSA) is 79.6 Å². The van der Waals surface area contributed by atoms with E-state index in [0.29, 0.717) is 11.5 Å². The molecule has 0 aliphatic carbocycles. The van der Waals surface area contributed by atoms with E-state index in [2.05, 4.69) is 20.3 Å². The summed E-state index contributed by atoms with van der Waals surface area (Å²) in [6, 6.07) is 11.6. The lowest BCUT2D eigenvalue weighted by atomic mass is 10.1. The Morgan fingerprint density at radius 1 is 1.11 bits per heavy atom. The van der Waals surface area contributed by atoms with Crippen molar-refractivity contribution in [1.82, 2.24) is 15.0 Å². The summed E-state index contributed by atoms with van der Waals surface area (Å²) in [5, 5.41) is 3.14. The van der Waals surface area contributed by atoms with Gasteiger partial charge in [0.15, 0.2) is 5.65 Å². The van der Waals surface area contributed by atoms with E-state index in [-0.39, 0.29) is 0 Å². The second kappa shape index (κ2) is 4.03. The number of para-hydroxylation sites is 1. The second-order valence-corrected chi connectivity index (χ2v) is 3.99. The van der Waals surface area contributed by atoms with Gasteiger partial charge in [-0.05, 0) is 24.3 Å². The largest absolute Gasteiger partial charge is 0.388 e. The van der Waals surface area contributed by atoms with Gasteiger partial charge < -0.3 is 16.0 Å². The molecule has 0 radical (unpaired) electrons. The Kier molecular flexibility index (Phi) is 2.37. The van der Waals surface area contributed by atoms with Crippen LogP contribution in [0.15, 0.2) is 36.4 Å². The number of hydrogen-bond donors (Lipinski definition) is 3. The van der Waals surface area contributed by atoms with Gasteiger partial charge in [0, 0.05) is 18.3 Å². The van der Waals surface area contributed by atoms with Crippen molar-refractivity contribution in [3.8, 4) is 11.4 Å². The first-order valence-electron chi connectivity index (χ1n) is 5.67. The molecule has 3 aromatic rings. The maximum Gasteiger partial charge on any atom is 0.180 e. The number of aromatic nitrogens is 3. The molecule has 3 rings (SSSR count). The Morgan fingerprint density at radius 2 is 1.94 bits per heavy atom. The van der Waals surface area contributed by atoms with Gasteiger partial charge in [0.2, 0.25) is 0 Å². The number of anilines is 2. The number of fused-ring (bicyclic) bond motifs is 1. The number of rotatable bonds is 2. The van der Waals surface area contributed by atoms with Crippen LogP contribution in [0.4, 0.5) is 11.5 Å². The molecular weight excluding hydrogens is 226 g/mol. The fourth-order valence-electron chi connectivity index (χ4n) is 1.94. The Hall–Kier alpha value is -2.56. The zero-order valence-electron chi connectivity index (χ0n) is 9.94. The molecule has 0 saturated heterocycles. The van der Waals surface area contributed by atoms with Gasteiger partial charge in [-0.25, -0.2) is 9.97 Å². The predicted molar refractivity (Wildman–Crippen MR) is 73.3 cm³/mol. The summed E-state index contributed by atoms with van der Waals surface area (Å²) in [6.07, 6.45) is 0. The Bertz CT molecular complexity index is 701. The van der Waals surface area contributed by atoms with Crippen LogP contribution in [0.25, 0.3) is 22.6 Å². The van der Waals surface area contributed by atoms with Gasteiger partial charge in [0.1, 0.15) is 11.6 Å². The van der Waals surface area contributed by atoms with Crippen LogP contribution >= 0.6 is 0 Å². The lowest BCUT2D eigenvalue weighted by molar-refractivity contribution is 1.30. The van der Waals surface area contributed by atoms with Gasteiger partial charge in [0.25, 0.3) is 0 Å². The smallest absolute Gasteiger partial charge is 0.180 e. The number of aromatic amines is 1. The summed E-state index contributed by atoms with van der Waals surface area (Å²) < 4.78 is 0. The molecule has 0 aliphatic heterocycles. The molecule has 0 amide bonds. The highest BCUT2D eigenvalue weighted by molar-refractivity contribution is 5.81. The highest BCUT2D eigenvalue weighted by Crippen LogP contribution is 2.26. The summed E-state index contributed by atoms with van der Waals surface area (Å²) in [5.74, 6) is 1.26. The number of benzene rings is 1. The van der Waals surface area contributed by atoms with Crippen LogP contribution in [0.5, 0.6) is 0 Å². The first kappa shape index (κ1) is 10.6. The van der Waals surface area contributed by atoms with Gasteiger partial charge in [-0.15, -0.1) is 0 Å². The average molecular weight is 239 g/mol. The molecule has 2 aromatic heterocycles. The Morgan fingerprint density at radius 3 is 2.78 bits per heavy atom. The molecule has 90 valence electrons. The van der Waals surface area contributed by atoms with Crippen LogP contribution in [0, 0.1) is 0 Å². The molecule has 0 aliphatic rings. The van der Waals surface area contributed by atoms with Crippen LogP contribution in [0.3, 0.4) is 0 Å². The molecule has 0 unspecified atom stereocenters. The van der Waals surface area contributed by atoms with Gasteiger partial charge in [0.05, 0.1) is 5.52 Å². The third kappa shape index (κ3) is 1.66. The van der Waals surface area contributed by atoms with Crippen molar-refractivity contribution < 1.29 is 0 Å². The highest BCUT2D eigenvalue weighted by Gasteiger charge is 2.09.